The summed E-state index contributed by atoms with van der Waals surface area (Å²) < 4.78 is 14.1. The minimum absolute atomic E-state index is 0.136. The molecule has 2 fully saturated rings. The Hall–Kier alpha value is -1.88. The van der Waals surface area contributed by atoms with Gasteiger partial charge in [-0.3, -0.25) is 0 Å². The molecule has 0 amide bonds. The quantitative estimate of drug-likeness (QED) is 0.456. The molecule has 0 aliphatic heterocycles. The summed E-state index contributed by atoms with van der Waals surface area (Å²) >= 11 is 0. The highest BCUT2D eigenvalue weighted by molar-refractivity contribution is 5.84. The lowest BCUT2D eigenvalue weighted by Crippen LogP contribution is -2.30. The van der Waals surface area contributed by atoms with Crippen LogP contribution in [0.1, 0.15) is 94.6 Å². The Kier molecular flexibility index (Phi) is 6.53. The van der Waals surface area contributed by atoms with Gasteiger partial charge in [0.15, 0.2) is 0 Å². The predicted octanol–water partition coefficient (Wildman–Crippen LogP) is 8.12. The summed E-state index contributed by atoms with van der Waals surface area (Å²) in [6, 6.07) is 11.6. The fourth-order valence-electron chi connectivity index (χ4n) is 6.04. The Morgan fingerprint density at radius 2 is 1.76 bits per heavy atom. The van der Waals surface area contributed by atoms with Crippen LogP contribution in [-0.4, -0.2) is 0 Å². The van der Waals surface area contributed by atoms with Crippen LogP contribution in [0.3, 0.4) is 0 Å². The Bertz CT molecular complexity index is 880. The highest BCUT2D eigenvalue weighted by Gasteiger charge is 2.35. The van der Waals surface area contributed by atoms with Crippen LogP contribution in [0.2, 0.25) is 0 Å². The molecule has 0 spiro atoms. The minimum Gasteiger partial charge on any atom is -0.206 e. The molecule has 0 heterocycles. The fraction of sp³-hybridized carbons (Fsp3) is 0.593. The van der Waals surface area contributed by atoms with Crippen molar-refractivity contribution in [3.63, 3.8) is 0 Å². The van der Waals surface area contributed by atoms with Crippen molar-refractivity contribution in [2.75, 3.05) is 0 Å². The van der Waals surface area contributed by atoms with Gasteiger partial charge in [-0.05, 0) is 84.2 Å². The number of hydrogen-bond acceptors (Lipinski definition) is 1. The Balaban J connectivity index is 1.38. The van der Waals surface area contributed by atoms with Gasteiger partial charge in [0, 0.05) is 0 Å². The third kappa shape index (κ3) is 4.66. The normalized spacial score (nSPS) is 26.8. The summed E-state index contributed by atoms with van der Waals surface area (Å²) in [5.74, 6) is 3.00. The van der Waals surface area contributed by atoms with Gasteiger partial charge in [0.05, 0.1) is 5.56 Å². The van der Waals surface area contributed by atoms with Crippen molar-refractivity contribution < 1.29 is 4.39 Å². The Labute approximate surface area is 175 Å². The Morgan fingerprint density at radius 3 is 2.59 bits per heavy atom. The van der Waals surface area contributed by atoms with Gasteiger partial charge in [-0.15, -0.1) is 0 Å². The van der Waals surface area contributed by atoms with E-state index in [9.17, 15) is 4.39 Å². The van der Waals surface area contributed by atoms with Crippen LogP contribution in [0.4, 0.5) is 4.39 Å². The summed E-state index contributed by atoms with van der Waals surface area (Å²) in [6.45, 7) is 2.29. The zero-order valence-electron chi connectivity index (χ0n) is 17.8. The van der Waals surface area contributed by atoms with Crippen LogP contribution in [0.15, 0.2) is 30.3 Å². The van der Waals surface area contributed by atoms with Crippen molar-refractivity contribution in [1.29, 1.82) is 5.26 Å². The molecular formula is C27H34FN. The molecule has 4 unspecified atom stereocenters. The van der Waals surface area contributed by atoms with Crippen LogP contribution in [-0.2, 0) is 0 Å². The maximum absolute atomic E-state index is 14.1. The predicted molar refractivity (Wildman–Crippen MR) is 118 cm³/mol. The average Bonchev–Trinajstić information content (AvgIpc) is 2.75. The van der Waals surface area contributed by atoms with Crippen LogP contribution < -0.4 is 0 Å². The summed E-state index contributed by atoms with van der Waals surface area (Å²) in [4.78, 5) is 0. The van der Waals surface area contributed by atoms with Crippen LogP contribution in [0.5, 0.6) is 0 Å². The van der Waals surface area contributed by atoms with E-state index in [1.165, 1.54) is 82.3 Å². The first kappa shape index (κ1) is 20.4. The van der Waals surface area contributed by atoms with E-state index in [0.717, 1.165) is 28.5 Å². The largest absolute Gasteiger partial charge is 0.206 e. The minimum atomic E-state index is -0.405. The van der Waals surface area contributed by atoms with E-state index in [4.69, 9.17) is 5.26 Å². The fourth-order valence-corrected chi connectivity index (χ4v) is 6.04. The standard InChI is InChI=1S/C27H34FN/c1-2-3-4-5-6-19-7-8-21-14-22(10-9-20(21)13-19)23-11-12-24-16-26(18-29)27(28)17-25(24)15-23/h11-12,15-17,19-22H,2-10,13-14H2,1H3. The number of rotatable bonds is 6. The highest BCUT2D eigenvalue weighted by atomic mass is 19.1. The monoisotopic (exact) mass is 391 g/mol. The van der Waals surface area contributed by atoms with Crippen molar-refractivity contribution >= 4 is 10.8 Å². The van der Waals surface area contributed by atoms with E-state index in [1.54, 1.807) is 6.07 Å². The molecule has 0 saturated heterocycles. The molecule has 2 aliphatic rings. The molecule has 154 valence electrons. The zero-order valence-corrected chi connectivity index (χ0v) is 17.8. The van der Waals surface area contributed by atoms with E-state index in [-0.39, 0.29) is 5.56 Å². The third-order valence-corrected chi connectivity index (χ3v) is 7.73. The number of nitrogens with zero attached hydrogens (tertiary/aromatic N) is 1. The molecule has 0 N–H and O–H groups in total. The molecule has 4 rings (SSSR count). The SMILES string of the molecule is CCCCCCC1CCC2CC(c3ccc4cc(C#N)c(F)cc4c3)CCC2C1. The first-order valence-corrected chi connectivity index (χ1v) is 11.8. The van der Waals surface area contributed by atoms with E-state index in [0.29, 0.717) is 5.92 Å². The number of halogens is 1. The molecule has 1 nitrogen and oxygen atoms in total. The first-order valence-electron chi connectivity index (χ1n) is 11.8. The summed E-state index contributed by atoms with van der Waals surface area (Å²) in [5.41, 5.74) is 1.50. The van der Waals surface area contributed by atoms with Crippen molar-refractivity contribution in [2.24, 2.45) is 17.8 Å². The molecular weight excluding hydrogens is 357 g/mol. The van der Waals surface area contributed by atoms with E-state index >= 15 is 0 Å². The summed E-state index contributed by atoms with van der Waals surface area (Å²) in [5, 5.41) is 10.9. The highest BCUT2D eigenvalue weighted by Crippen LogP contribution is 2.48. The van der Waals surface area contributed by atoms with Gasteiger partial charge < -0.3 is 0 Å². The van der Waals surface area contributed by atoms with Crippen molar-refractivity contribution in [3.8, 4) is 6.07 Å². The first-order chi connectivity index (χ1) is 14.2. The second-order valence-corrected chi connectivity index (χ2v) is 9.61. The van der Waals surface area contributed by atoms with Gasteiger partial charge in [-0.25, -0.2) is 4.39 Å². The molecule has 4 atom stereocenters. The molecule has 2 aromatic carbocycles. The lowest BCUT2D eigenvalue weighted by atomic mass is 9.63. The lowest BCUT2D eigenvalue weighted by Gasteiger charge is -2.42. The molecule has 2 aromatic rings. The van der Waals surface area contributed by atoms with Gasteiger partial charge in [0.25, 0.3) is 0 Å². The van der Waals surface area contributed by atoms with Gasteiger partial charge in [-0.1, -0.05) is 63.6 Å². The van der Waals surface area contributed by atoms with Crippen LogP contribution >= 0.6 is 0 Å². The van der Waals surface area contributed by atoms with E-state index < -0.39 is 5.82 Å². The van der Waals surface area contributed by atoms with Gasteiger partial charge in [-0.2, -0.15) is 5.26 Å². The molecule has 0 radical (unpaired) electrons. The summed E-state index contributed by atoms with van der Waals surface area (Å²) in [6.07, 6.45) is 15.3. The second kappa shape index (κ2) is 9.29. The molecule has 2 saturated carbocycles. The van der Waals surface area contributed by atoms with Gasteiger partial charge in [0.1, 0.15) is 11.9 Å². The van der Waals surface area contributed by atoms with Gasteiger partial charge in [0.2, 0.25) is 0 Å². The van der Waals surface area contributed by atoms with Crippen molar-refractivity contribution in [3.05, 3.63) is 47.3 Å². The second-order valence-electron chi connectivity index (χ2n) is 9.61. The average molecular weight is 392 g/mol. The topological polar surface area (TPSA) is 23.8 Å². The lowest BCUT2D eigenvalue weighted by molar-refractivity contribution is 0.113. The summed E-state index contributed by atoms with van der Waals surface area (Å²) in [7, 11) is 0. The van der Waals surface area contributed by atoms with Crippen molar-refractivity contribution in [1.82, 2.24) is 0 Å². The maximum Gasteiger partial charge on any atom is 0.141 e. The number of fused-ring (bicyclic) bond motifs is 2. The molecule has 2 aliphatic carbocycles. The van der Waals surface area contributed by atoms with Gasteiger partial charge >= 0.3 is 0 Å². The Morgan fingerprint density at radius 1 is 0.931 bits per heavy atom. The number of benzene rings is 2. The number of hydrogen-bond donors (Lipinski definition) is 0. The number of nitriles is 1. The van der Waals surface area contributed by atoms with Crippen LogP contribution in [0.25, 0.3) is 10.8 Å². The maximum atomic E-state index is 14.1. The number of unbranched alkanes of at least 4 members (excludes halogenated alkanes) is 3. The molecule has 0 aromatic heterocycles. The van der Waals surface area contributed by atoms with E-state index in [1.807, 2.05) is 6.07 Å². The molecule has 2 heteroatoms. The smallest absolute Gasteiger partial charge is 0.141 e. The van der Waals surface area contributed by atoms with Crippen molar-refractivity contribution in [2.45, 2.75) is 83.5 Å². The molecule has 0 bridgehead atoms. The van der Waals surface area contributed by atoms with E-state index in [2.05, 4.69) is 25.1 Å². The van der Waals surface area contributed by atoms with Crippen LogP contribution in [0, 0.1) is 34.9 Å². The zero-order chi connectivity index (χ0) is 20.2. The molecule has 29 heavy (non-hydrogen) atoms. The third-order valence-electron chi connectivity index (χ3n) is 7.73.